The molecule has 0 radical (unpaired) electrons. The van der Waals surface area contributed by atoms with E-state index < -0.39 is 0 Å². The lowest BCUT2D eigenvalue weighted by molar-refractivity contribution is 0.588. The summed E-state index contributed by atoms with van der Waals surface area (Å²) in [6, 6.07) is 19.9. The lowest BCUT2D eigenvalue weighted by atomic mass is 10.2. The van der Waals surface area contributed by atoms with Crippen LogP contribution in [0.25, 0.3) is 0 Å². The molecule has 2 aromatic carbocycles. The summed E-state index contributed by atoms with van der Waals surface area (Å²) in [5.74, 6) is 1.03. The molecule has 0 aromatic heterocycles. The first-order valence-electron chi connectivity index (χ1n) is 6.73. The quantitative estimate of drug-likeness (QED) is 0.778. The standard InChI is InChI=1S/C17H21NS/c1-14(2)18-12-16-9-6-10-17(11-16)19-13-15-7-4-3-5-8-15/h3-11,14,18H,12-13H2,1-2H3. The van der Waals surface area contributed by atoms with Gasteiger partial charge in [0.1, 0.15) is 0 Å². The number of rotatable bonds is 6. The molecular formula is C17H21NS. The zero-order valence-corrected chi connectivity index (χ0v) is 12.4. The van der Waals surface area contributed by atoms with E-state index in [1.165, 1.54) is 16.0 Å². The van der Waals surface area contributed by atoms with E-state index in [0.29, 0.717) is 6.04 Å². The van der Waals surface area contributed by atoms with Gasteiger partial charge in [-0.1, -0.05) is 56.3 Å². The molecule has 1 nitrogen and oxygen atoms in total. The van der Waals surface area contributed by atoms with E-state index in [1.54, 1.807) is 0 Å². The second-order valence-corrected chi connectivity index (χ2v) is 6.01. The molecule has 0 aliphatic heterocycles. The van der Waals surface area contributed by atoms with E-state index in [9.17, 15) is 0 Å². The summed E-state index contributed by atoms with van der Waals surface area (Å²) in [7, 11) is 0. The molecule has 0 heterocycles. The van der Waals surface area contributed by atoms with Crippen LogP contribution in [-0.4, -0.2) is 6.04 Å². The van der Waals surface area contributed by atoms with Crippen LogP contribution in [0.2, 0.25) is 0 Å². The molecule has 0 spiro atoms. The molecule has 0 unspecified atom stereocenters. The highest BCUT2D eigenvalue weighted by atomic mass is 32.2. The highest BCUT2D eigenvalue weighted by Crippen LogP contribution is 2.23. The first kappa shape index (κ1) is 14.2. The topological polar surface area (TPSA) is 12.0 Å². The molecule has 0 fully saturated rings. The van der Waals surface area contributed by atoms with E-state index in [2.05, 4.69) is 73.8 Å². The zero-order chi connectivity index (χ0) is 13.5. The summed E-state index contributed by atoms with van der Waals surface area (Å²) in [6.45, 7) is 5.29. The number of thioether (sulfide) groups is 1. The van der Waals surface area contributed by atoms with Gasteiger partial charge < -0.3 is 5.32 Å². The van der Waals surface area contributed by atoms with Crippen molar-refractivity contribution in [2.24, 2.45) is 0 Å². The first-order valence-corrected chi connectivity index (χ1v) is 7.71. The van der Waals surface area contributed by atoms with Gasteiger partial charge in [-0.05, 0) is 23.3 Å². The summed E-state index contributed by atoms with van der Waals surface area (Å²) >= 11 is 1.89. The molecule has 0 saturated carbocycles. The SMILES string of the molecule is CC(C)NCc1cccc(SCc2ccccc2)c1. The molecule has 0 bridgehead atoms. The van der Waals surface area contributed by atoms with Crippen LogP contribution in [0.15, 0.2) is 59.5 Å². The van der Waals surface area contributed by atoms with E-state index in [1.807, 2.05) is 11.8 Å². The second-order valence-electron chi connectivity index (χ2n) is 4.96. The van der Waals surface area contributed by atoms with Crippen LogP contribution in [-0.2, 0) is 12.3 Å². The lowest BCUT2D eigenvalue weighted by Gasteiger charge is -2.09. The van der Waals surface area contributed by atoms with E-state index in [0.717, 1.165) is 12.3 Å². The average Bonchev–Trinajstić information content (AvgIpc) is 2.44. The van der Waals surface area contributed by atoms with Crippen molar-refractivity contribution in [1.82, 2.24) is 5.32 Å². The molecule has 0 aliphatic rings. The average molecular weight is 271 g/mol. The Morgan fingerprint density at radius 3 is 2.42 bits per heavy atom. The molecular weight excluding hydrogens is 250 g/mol. The van der Waals surface area contributed by atoms with Crippen molar-refractivity contribution in [3.8, 4) is 0 Å². The maximum atomic E-state index is 3.45. The van der Waals surface area contributed by atoms with Gasteiger partial charge in [-0.2, -0.15) is 0 Å². The molecule has 0 amide bonds. The van der Waals surface area contributed by atoms with Gasteiger partial charge in [-0.25, -0.2) is 0 Å². The largest absolute Gasteiger partial charge is 0.310 e. The van der Waals surface area contributed by atoms with Crippen molar-refractivity contribution in [2.75, 3.05) is 0 Å². The van der Waals surface area contributed by atoms with E-state index in [-0.39, 0.29) is 0 Å². The third-order valence-electron chi connectivity index (χ3n) is 2.86. The van der Waals surface area contributed by atoms with E-state index in [4.69, 9.17) is 0 Å². The predicted molar refractivity (Wildman–Crippen MR) is 84.4 cm³/mol. The predicted octanol–water partition coefficient (Wildman–Crippen LogP) is 4.48. The van der Waals surface area contributed by atoms with Gasteiger partial charge in [0, 0.05) is 23.2 Å². The van der Waals surface area contributed by atoms with Crippen LogP contribution in [0.4, 0.5) is 0 Å². The number of benzene rings is 2. The van der Waals surface area contributed by atoms with Gasteiger partial charge in [-0.3, -0.25) is 0 Å². The van der Waals surface area contributed by atoms with Crippen molar-refractivity contribution in [1.29, 1.82) is 0 Å². The highest BCUT2D eigenvalue weighted by molar-refractivity contribution is 7.98. The number of hydrogen-bond acceptors (Lipinski definition) is 2. The van der Waals surface area contributed by atoms with Crippen LogP contribution in [0.3, 0.4) is 0 Å². The van der Waals surface area contributed by atoms with Crippen molar-refractivity contribution < 1.29 is 0 Å². The van der Waals surface area contributed by atoms with Crippen LogP contribution < -0.4 is 5.32 Å². The molecule has 2 rings (SSSR count). The van der Waals surface area contributed by atoms with Gasteiger partial charge in [0.25, 0.3) is 0 Å². The third kappa shape index (κ3) is 5.09. The Labute approximate surface area is 120 Å². The maximum Gasteiger partial charge on any atom is 0.0231 e. The summed E-state index contributed by atoms with van der Waals surface area (Å²) in [6.07, 6.45) is 0. The van der Waals surface area contributed by atoms with Crippen LogP contribution >= 0.6 is 11.8 Å². The first-order chi connectivity index (χ1) is 9.24. The van der Waals surface area contributed by atoms with Gasteiger partial charge in [0.05, 0.1) is 0 Å². The highest BCUT2D eigenvalue weighted by Gasteiger charge is 1.99. The fraction of sp³-hybridized carbons (Fsp3) is 0.294. The Morgan fingerprint density at radius 1 is 0.947 bits per heavy atom. The van der Waals surface area contributed by atoms with Crippen molar-refractivity contribution >= 4 is 11.8 Å². The van der Waals surface area contributed by atoms with E-state index >= 15 is 0 Å². The second kappa shape index (κ2) is 7.37. The molecule has 1 N–H and O–H groups in total. The molecule has 0 atom stereocenters. The Kier molecular flexibility index (Phi) is 5.49. The molecule has 19 heavy (non-hydrogen) atoms. The minimum atomic E-state index is 0.528. The molecule has 0 saturated heterocycles. The van der Waals surface area contributed by atoms with Gasteiger partial charge in [-0.15, -0.1) is 11.8 Å². The zero-order valence-electron chi connectivity index (χ0n) is 11.6. The summed E-state index contributed by atoms with van der Waals surface area (Å²) < 4.78 is 0. The van der Waals surface area contributed by atoms with Crippen molar-refractivity contribution in [3.63, 3.8) is 0 Å². The summed E-state index contributed by atoms with van der Waals surface area (Å²) in [5, 5.41) is 3.45. The van der Waals surface area contributed by atoms with Crippen LogP contribution in [0.5, 0.6) is 0 Å². The lowest BCUT2D eigenvalue weighted by Crippen LogP contribution is -2.21. The summed E-state index contributed by atoms with van der Waals surface area (Å²) in [5.41, 5.74) is 2.73. The molecule has 2 heteroatoms. The van der Waals surface area contributed by atoms with Gasteiger partial charge >= 0.3 is 0 Å². The van der Waals surface area contributed by atoms with Gasteiger partial charge in [0.2, 0.25) is 0 Å². The Balaban J connectivity index is 1.91. The van der Waals surface area contributed by atoms with Gasteiger partial charge in [0.15, 0.2) is 0 Å². The smallest absolute Gasteiger partial charge is 0.0231 e. The molecule has 0 aliphatic carbocycles. The minimum absolute atomic E-state index is 0.528. The van der Waals surface area contributed by atoms with Crippen LogP contribution in [0, 0.1) is 0 Å². The fourth-order valence-corrected chi connectivity index (χ4v) is 2.74. The maximum absolute atomic E-state index is 3.45. The summed E-state index contributed by atoms with van der Waals surface area (Å²) in [4.78, 5) is 1.34. The van der Waals surface area contributed by atoms with Crippen LogP contribution in [0.1, 0.15) is 25.0 Å². The number of nitrogens with one attached hydrogen (secondary N) is 1. The monoisotopic (exact) mass is 271 g/mol. The molecule has 100 valence electrons. The normalized spacial score (nSPS) is 10.9. The Hall–Kier alpha value is -1.25. The molecule has 2 aromatic rings. The number of hydrogen-bond donors (Lipinski definition) is 1. The Bertz CT molecular complexity index is 494. The minimum Gasteiger partial charge on any atom is -0.310 e. The van der Waals surface area contributed by atoms with Crippen molar-refractivity contribution in [2.45, 2.75) is 37.1 Å². The fourth-order valence-electron chi connectivity index (χ4n) is 1.81. The Morgan fingerprint density at radius 2 is 1.68 bits per heavy atom. The van der Waals surface area contributed by atoms with Crippen molar-refractivity contribution in [3.05, 3.63) is 65.7 Å². The third-order valence-corrected chi connectivity index (χ3v) is 3.93.